The molecule has 0 bridgehead atoms. The van der Waals surface area contributed by atoms with Crippen molar-refractivity contribution in [3.8, 4) is 0 Å². The van der Waals surface area contributed by atoms with Crippen LogP contribution in [0.4, 0.5) is 0 Å². The van der Waals surface area contributed by atoms with E-state index in [2.05, 4.69) is 217 Å². The number of allylic oxidation sites excluding steroid dienone is 11. The van der Waals surface area contributed by atoms with Crippen LogP contribution in [0.5, 0.6) is 0 Å². The van der Waals surface area contributed by atoms with Crippen LogP contribution in [0.1, 0.15) is 354 Å². The minimum Gasteiger partial charge on any atom is -0.414 e. The maximum Gasteiger partial charge on any atom is 0.192 e. The van der Waals surface area contributed by atoms with Gasteiger partial charge in [-0.2, -0.15) is 0 Å². The van der Waals surface area contributed by atoms with Gasteiger partial charge in [0, 0.05) is 51.1 Å². The largest absolute Gasteiger partial charge is 0.414 e. The second-order valence-electron chi connectivity index (χ2n) is 52.3. The maximum atomic E-state index is 12.4. The van der Waals surface area contributed by atoms with Gasteiger partial charge in [-0.15, -0.1) is 32.9 Å². The average Bonchev–Trinajstić information content (AvgIpc) is 1.55. The Kier molecular flexibility index (Phi) is 26.1. The van der Waals surface area contributed by atoms with Crippen LogP contribution in [0.2, 0.25) is 36.3 Å². The summed E-state index contributed by atoms with van der Waals surface area (Å²) >= 11 is 0. The molecule has 15 fully saturated rings. The van der Waals surface area contributed by atoms with Gasteiger partial charge < -0.3 is 39.5 Å². The first-order valence-electron chi connectivity index (χ1n) is 52.8. The smallest absolute Gasteiger partial charge is 0.192 e. The summed E-state index contributed by atoms with van der Waals surface area (Å²) in [4.78, 5) is 12.4. The van der Waals surface area contributed by atoms with E-state index in [1.165, 1.54) is 146 Å². The zero-order chi connectivity index (χ0) is 90.9. The van der Waals surface area contributed by atoms with E-state index < -0.39 is 27.8 Å². The standard InChI is InChI=1S/C27H46O2Si.C26H44O2Si.C21H32O2.C21H30O.C20H30O2/c1-9-27-17-12-20(29-30(7,8)24(2,3)4)18-19(27)10-11-21-22-14-16-26(6,28)25(22,5)15-13-23(21)27;1-8-26-16-13-19(28-29(6,7)24(2,3)4)17-18(26)9-10-20-21-11-12-23(27)25(21,5)15-14-22(20)26;1-4-21-12-7-15(22)13-14(21)5-6-16-17-9-11-20(3,23)19(17,2)10-8-18(16)21;1-4-21-12-9-14(2)13-15(21)5-6-16-17-7-8-19(22)20(17,3)11-10-18(16)21;1-3-20-11-8-14(21)12-13(20)4-5-15-16-6-7-18(22)19(16,2)10-9-17(15)20/h9-10,20-23,28H,1,11-18H2,2-8H3;8-9,19-23,27H,1,10-17H2,2-7H3;4-5,15-18,22-23H,1,6-13H2,2-3H3;4-5,14,16-18H,1,6-13H2,2-3H3;3-4,14-18,21-22H,1,5-12H2,2H3/t20-,21?,22?,23?,25-,26-,27-;19-,20?,21?,22?,23-,25-,26-;15-,16?,17?,18?,19-,20-,21-;14-,16?,17?,18?,20-,21-;14-,15?,16?,17?,18-,19-,20-/m00000/s1. The van der Waals surface area contributed by atoms with Gasteiger partial charge >= 0.3 is 0 Å². The predicted octanol–water partition coefficient (Wildman–Crippen LogP) is 27.5. The molecule has 20 rings (SSSR count). The molecule has 20 aliphatic rings. The van der Waals surface area contributed by atoms with Crippen LogP contribution >= 0.6 is 0 Å². The molecule has 6 N–H and O–H groups in total. The summed E-state index contributed by atoms with van der Waals surface area (Å²) in [7, 11) is -3.48. The van der Waals surface area contributed by atoms with Crippen LogP contribution in [0, 0.1) is 149 Å². The van der Waals surface area contributed by atoms with Crippen LogP contribution in [0.3, 0.4) is 0 Å². The molecule has 0 saturated heterocycles. The van der Waals surface area contributed by atoms with E-state index in [0.29, 0.717) is 83.1 Å². The van der Waals surface area contributed by atoms with E-state index in [4.69, 9.17) is 8.85 Å². The molecule has 9 nitrogen and oxygen atoms in total. The molecule has 34 atom stereocenters. The molecule has 0 aromatic carbocycles. The summed E-state index contributed by atoms with van der Waals surface area (Å²) in [5.74, 6) is 11.7. The summed E-state index contributed by atoms with van der Waals surface area (Å²) in [6.45, 7) is 63.4. The molecule has 126 heavy (non-hydrogen) atoms. The van der Waals surface area contributed by atoms with Crippen molar-refractivity contribution < 1.29 is 44.3 Å². The molecule has 15 saturated carbocycles. The van der Waals surface area contributed by atoms with Gasteiger partial charge in [-0.25, -0.2) is 0 Å². The highest BCUT2D eigenvalue weighted by atomic mass is 28.4. The van der Waals surface area contributed by atoms with E-state index in [1.807, 2.05) is 0 Å². The lowest BCUT2D eigenvalue weighted by Crippen LogP contribution is -2.54. The monoisotopic (exact) mass is 1760 g/mol. The first-order valence-corrected chi connectivity index (χ1v) is 58.6. The first kappa shape index (κ1) is 96.3. The number of Topliss-reactive ketones (excluding diaryl/α,β-unsaturated/α-hetero) is 1. The fraction of sp³-hybridized carbons (Fsp3) is 0.817. The van der Waals surface area contributed by atoms with Crippen molar-refractivity contribution in [1.82, 2.24) is 0 Å². The molecule has 0 aliphatic heterocycles. The number of aliphatic hydroxyl groups is 6. The fourth-order valence-electron chi connectivity index (χ4n) is 35.4. The topological polar surface area (TPSA) is 157 Å². The van der Waals surface area contributed by atoms with Gasteiger partial charge in [-0.3, -0.25) is 4.79 Å². The van der Waals surface area contributed by atoms with E-state index >= 15 is 0 Å². The van der Waals surface area contributed by atoms with Gasteiger partial charge in [0.15, 0.2) is 16.6 Å². The number of hydrogen-bond acceptors (Lipinski definition) is 9. The number of ketones is 1. The van der Waals surface area contributed by atoms with Crippen LogP contribution in [-0.2, 0) is 13.6 Å². The number of hydrogen-bond donors (Lipinski definition) is 6. The van der Waals surface area contributed by atoms with Crippen molar-refractivity contribution in [3.63, 3.8) is 0 Å². The molecule has 0 radical (unpaired) electrons. The molecule has 20 aliphatic carbocycles. The van der Waals surface area contributed by atoms with Crippen molar-refractivity contribution in [3.05, 3.63) is 122 Å². The number of aliphatic hydroxyl groups excluding tert-OH is 4. The fourth-order valence-corrected chi connectivity index (χ4v) is 38.2. The summed E-state index contributed by atoms with van der Waals surface area (Å²) in [6, 6.07) is 0. The highest BCUT2D eigenvalue weighted by Gasteiger charge is 2.68. The predicted molar refractivity (Wildman–Crippen MR) is 525 cm³/mol. The van der Waals surface area contributed by atoms with Crippen LogP contribution in [0.25, 0.3) is 0 Å². The first-order chi connectivity index (χ1) is 59.1. The van der Waals surface area contributed by atoms with Crippen molar-refractivity contribution in [2.75, 3.05) is 0 Å². The summed E-state index contributed by atoms with van der Waals surface area (Å²) in [6.07, 6.45) is 69.2. The second kappa shape index (κ2) is 34.2. The van der Waals surface area contributed by atoms with Gasteiger partial charge in [0.2, 0.25) is 0 Å². The minimum atomic E-state index is -1.74. The normalized spacial score (nSPS) is 49.8. The van der Waals surface area contributed by atoms with E-state index in [0.717, 1.165) is 152 Å². The average molecular weight is 1760 g/mol. The Morgan fingerprint density at radius 2 is 0.651 bits per heavy atom. The van der Waals surface area contributed by atoms with Crippen molar-refractivity contribution >= 4 is 22.4 Å². The van der Waals surface area contributed by atoms with Crippen LogP contribution in [0.15, 0.2) is 122 Å². The third-order valence-electron chi connectivity index (χ3n) is 45.7. The van der Waals surface area contributed by atoms with Gasteiger partial charge in [0.05, 0.1) is 35.6 Å². The molecule has 15 unspecified atom stereocenters. The van der Waals surface area contributed by atoms with Gasteiger partial charge in [-0.05, 0) is 417 Å². The van der Waals surface area contributed by atoms with Crippen LogP contribution < -0.4 is 0 Å². The molecular weight excluding hydrogens is 1580 g/mol. The van der Waals surface area contributed by atoms with Crippen molar-refractivity contribution in [2.24, 2.45) is 149 Å². The molecule has 0 heterocycles. The van der Waals surface area contributed by atoms with Gasteiger partial charge in [-0.1, -0.05) is 172 Å². The lowest BCUT2D eigenvalue weighted by atomic mass is 9.46. The zero-order valence-electron chi connectivity index (χ0n) is 83.2. The van der Waals surface area contributed by atoms with E-state index in [-0.39, 0.29) is 88.6 Å². The zero-order valence-corrected chi connectivity index (χ0v) is 85.2. The Hall–Kier alpha value is -2.82. The van der Waals surface area contributed by atoms with Crippen molar-refractivity contribution in [2.45, 2.75) is 438 Å². The van der Waals surface area contributed by atoms with E-state index in [1.54, 1.807) is 16.7 Å². The molecule has 0 aromatic heterocycles. The number of carbonyl (C=O) groups excluding carboxylic acids is 1. The quantitative estimate of drug-likeness (QED) is 0.0977. The summed E-state index contributed by atoms with van der Waals surface area (Å²) < 4.78 is 13.7. The Morgan fingerprint density at radius 1 is 0.349 bits per heavy atom. The Balaban J connectivity index is 0.000000117. The summed E-state index contributed by atoms with van der Waals surface area (Å²) in [5, 5.41) is 64.0. The number of fused-ring (bicyclic) bond motifs is 25. The Morgan fingerprint density at radius 3 is 1.01 bits per heavy atom. The summed E-state index contributed by atoms with van der Waals surface area (Å²) in [5.41, 5.74) is 8.21. The van der Waals surface area contributed by atoms with E-state index in [9.17, 15) is 35.4 Å². The van der Waals surface area contributed by atoms with Crippen LogP contribution in [-0.4, -0.2) is 101 Å². The molecule has 11 heteroatoms. The van der Waals surface area contributed by atoms with Gasteiger partial charge in [0.1, 0.15) is 5.78 Å². The highest BCUT2D eigenvalue weighted by molar-refractivity contribution is 6.74. The molecule has 0 spiro atoms. The third-order valence-corrected chi connectivity index (χ3v) is 54.8. The molecule has 0 aromatic rings. The Labute approximate surface area is 770 Å². The SMILES string of the molecule is C=C[C@]12CC[C@H](C)CC1=CCC1C2CC[C@]2(C)C(=O)CCC12.C=C[C@]12CC[C@H](O)CC1=CCC1C2CC[C@@]2(C)C1CC[C@@H]2O.C=C[C@]12CC[C@H](O)CC1=CCC1C2CC[C@@]2(C)C1CC[C@]2(C)O.C=C[C@]12CC[C@H](O[Si](C)(C)C(C)(C)C)CC1=CCC1C2CC[C@@]2(C)C1CC[C@@H]2O.C=C[C@]12CC[C@H](O[Si](C)(C)C(C)(C)C)CC1=CCC1C2CC[C@@]2(C)C1CC[C@]2(C)O. The van der Waals surface area contributed by atoms with Gasteiger partial charge in [0.25, 0.3) is 0 Å². The minimum absolute atomic E-state index is 0.00315. The lowest BCUT2D eigenvalue weighted by molar-refractivity contribution is -0.131. The number of carbonyl (C=O) groups is 1. The number of rotatable bonds is 9. The van der Waals surface area contributed by atoms with Crippen molar-refractivity contribution in [1.29, 1.82) is 0 Å². The molecule has 0 amide bonds. The molecule has 704 valence electrons. The second-order valence-corrected chi connectivity index (χ2v) is 61.8. The maximum absolute atomic E-state index is 12.4. The third kappa shape index (κ3) is 15.3. The lowest BCUT2D eigenvalue weighted by Gasteiger charge is -2.59. The highest BCUT2D eigenvalue weighted by Crippen LogP contribution is 2.74. The Bertz CT molecular complexity index is 4250. The molecular formula is C115H182O9Si2.